The third-order valence-electron chi connectivity index (χ3n) is 5.62. The van der Waals surface area contributed by atoms with E-state index in [9.17, 15) is 9.59 Å². The second-order valence-corrected chi connectivity index (χ2v) is 20.9. The van der Waals surface area contributed by atoms with Gasteiger partial charge in [-0.2, -0.15) is 0 Å². The Labute approximate surface area is 163 Å². The molecule has 0 atom stereocenters. The van der Waals surface area contributed by atoms with Crippen LogP contribution in [0.3, 0.4) is 0 Å². The molecule has 1 saturated heterocycles. The topological polar surface area (TPSA) is 59.1 Å². The SMILES string of the molecule is CCC[CH2][Sn]([CH2]CCC)([CH2]CCC)[CH]1N(C(=O)OC)CCN1C(=O)OC. The van der Waals surface area contributed by atoms with Crippen LogP contribution in [0.25, 0.3) is 0 Å². The maximum atomic E-state index is 12.5. The second kappa shape index (κ2) is 11.9. The van der Waals surface area contributed by atoms with Crippen LogP contribution in [-0.2, 0) is 9.47 Å². The second-order valence-electron chi connectivity index (χ2n) is 7.37. The zero-order chi connectivity index (χ0) is 19.6. The molecule has 26 heavy (non-hydrogen) atoms. The van der Waals surface area contributed by atoms with E-state index in [1.165, 1.54) is 46.8 Å². The van der Waals surface area contributed by atoms with E-state index < -0.39 is 18.4 Å². The molecule has 0 unspecified atom stereocenters. The van der Waals surface area contributed by atoms with E-state index in [1.54, 1.807) is 0 Å². The van der Waals surface area contributed by atoms with Gasteiger partial charge in [0.1, 0.15) is 0 Å². The van der Waals surface area contributed by atoms with Crippen molar-refractivity contribution in [3.63, 3.8) is 0 Å². The van der Waals surface area contributed by atoms with E-state index in [2.05, 4.69) is 20.8 Å². The molecule has 0 bridgehead atoms. The molecule has 1 aliphatic heterocycles. The number of rotatable bonds is 10. The molecule has 0 radical (unpaired) electrons. The molecule has 0 spiro atoms. The summed E-state index contributed by atoms with van der Waals surface area (Å²) in [5, 5.41) is 0. The molecule has 0 N–H and O–H groups in total. The summed E-state index contributed by atoms with van der Waals surface area (Å²) in [5.41, 5.74) is 0. The third-order valence-corrected chi connectivity index (χ3v) is 22.1. The number of ether oxygens (including phenoxy) is 2. The molecule has 1 aliphatic rings. The van der Waals surface area contributed by atoms with Crippen molar-refractivity contribution in [2.45, 2.75) is 76.8 Å². The molecule has 1 rings (SSSR count). The molecule has 7 heteroatoms. The molecule has 1 heterocycles. The van der Waals surface area contributed by atoms with Crippen molar-refractivity contribution in [3.05, 3.63) is 0 Å². The summed E-state index contributed by atoms with van der Waals surface area (Å²) < 4.78 is 13.7. The molecule has 0 aromatic heterocycles. The third kappa shape index (κ3) is 5.67. The fourth-order valence-corrected chi connectivity index (χ4v) is 22.8. The van der Waals surface area contributed by atoms with Gasteiger partial charge in [0.15, 0.2) is 0 Å². The van der Waals surface area contributed by atoms with E-state index in [0.29, 0.717) is 13.1 Å². The summed E-state index contributed by atoms with van der Waals surface area (Å²) in [6, 6.07) is 0. The van der Waals surface area contributed by atoms with Crippen LogP contribution in [0, 0.1) is 0 Å². The molecule has 1 fully saturated rings. The Balaban J connectivity index is 3.33. The Kier molecular flexibility index (Phi) is 10.7. The monoisotopic (exact) mass is 478 g/mol. The maximum absolute atomic E-state index is 12.5. The zero-order valence-corrected chi connectivity index (χ0v) is 20.2. The number of unbranched alkanes of at least 4 members (excludes halogenated alkanes) is 3. The van der Waals surface area contributed by atoms with E-state index >= 15 is 0 Å². The molecule has 2 amide bonds. The van der Waals surface area contributed by atoms with Gasteiger partial charge >= 0.3 is 164 Å². The van der Waals surface area contributed by atoms with Crippen molar-refractivity contribution in [2.24, 2.45) is 0 Å². The average Bonchev–Trinajstić information content (AvgIpc) is 3.12. The van der Waals surface area contributed by atoms with Gasteiger partial charge in [0, 0.05) is 0 Å². The minimum absolute atomic E-state index is 0.0751. The Bertz CT molecular complexity index is 401. The van der Waals surface area contributed by atoms with Crippen LogP contribution < -0.4 is 0 Å². The van der Waals surface area contributed by atoms with Crippen LogP contribution >= 0.6 is 0 Å². The van der Waals surface area contributed by atoms with Crippen LogP contribution in [-0.4, -0.2) is 71.9 Å². The van der Waals surface area contributed by atoms with Crippen molar-refractivity contribution in [3.8, 4) is 0 Å². The summed E-state index contributed by atoms with van der Waals surface area (Å²) in [6.07, 6.45) is 6.41. The van der Waals surface area contributed by atoms with Gasteiger partial charge in [-0.1, -0.05) is 0 Å². The first-order valence-corrected chi connectivity index (χ1v) is 17.9. The van der Waals surface area contributed by atoms with Crippen LogP contribution in [0.5, 0.6) is 0 Å². The summed E-state index contributed by atoms with van der Waals surface area (Å²) in [5.74, 6) is 0. The summed E-state index contributed by atoms with van der Waals surface area (Å²) in [7, 11) is 2.86. The van der Waals surface area contributed by atoms with Gasteiger partial charge in [0.25, 0.3) is 0 Å². The van der Waals surface area contributed by atoms with Gasteiger partial charge < -0.3 is 0 Å². The Morgan fingerprint density at radius 3 is 1.42 bits per heavy atom. The molecular formula is C19H38N2O4Sn. The zero-order valence-electron chi connectivity index (χ0n) is 17.4. The van der Waals surface area contributed by atoms with Crippen molar-refractivity contribution < 1.29 is 19.1 Å². The number of hydrogen-bond donors (Lipinski definition) is 0. The number of methoxy groups -OCH3 is 2. The van der Waals surface area contributed by atoms with Crippen molar-refractivity contribution >= 4 is 30.6 Å². The Hall–Kier alpha value is -0.661. The predicted molar refractivity (Wildman–Crippen MR) is 107 cm³/mol. The predicted octanol–water partition coefficient (Wildman–Crippen LogP) is 4.85. The first-order chi connectivity index (χ1) is 12.5. The van der Waals surface area contributed by atoms with Gasteiger partial charge in [-0.15, -0.1) is 0 Å². The van der Waals surface area contributed by atoms with Gasteiger partial charge in [-0.25, -0.2) is 0 Å². The Morgan fingerprint density at radius 1 is 0.808 bits per heavy atom. The van der Waals surface area contributed by atoms with Gasteiger partial charge in [0.05, 0.1) is 0 Å². The quantitative estimate of drug-likeness (QED) is 0.423. The summed E-state index contributed by atoms with van der Waals surface area (Å²) in [4.78, 5) is 28.7. The van der Waals surface area contributed by atoms with Crippen LogP contribution in [0.15, 0.2) is 0 Å². The van der Waals surface area contributed by atoms with Crippen molar-refractivity contribution in [2.75, 3.05) is 27.3 Å². The number of carbonyl (C=O) groups excluding carboxylic acids is 2. The molecule has 0 aliphatic carbocycles. The average molecular weight is 477 g/mol. The Morgan fingerprint density at radius 2 is 1.15 bits per heavy atom. The van der Waals surface area contributed by atoms with Gasteiger partial charge in [0.2, 0.25) is 0 Å². The molecular weight excluding hydrogens is 439 g/mol. The van der Waals surface area contributed by atoms with Crippen molar-refractivity contribution in [1.29, 1.82) is 0 Å². The number of nitrogens with zero attached hydrogens (tertiary/aromatic N) is 2. The molecule has 6 nitrogen and oxygen atoms in total. The van der Waals surface area contributed by atoms with E-state index in [1.807, 2.05) is 9.80 Å². The standard InChI is InChI=1S/C7H11N2O4.3C4H9.Sn/c1-12-6(10)8-3-4-9(5-8)7(11)13-2;3*1-3-4-2;/h5H,3-4H2,1-2H3;3*1,3-4H2,2H3;. The molecule has 0 aromatic carbocycles. The normalized spacial score (nSPS) is 15.4. The van der Waals surface area contributed by atoms with Crippen LogP contribution in [0.4, 0.5) is 9.59 Å². The molecule has 0 aromatic rings. The van der Waals surface area contributed by atoms with E-state index in [0.717, 1.165) is 19.3 Å². The van der Waals surface area contributed by atoms with Crippen molar-refractivity contribution in [1.82, 2.24) is 9.80 Å². The fraction of sp³-hybridized carbons (Fsp3) is 0.895. The first kappa shape index (κ1) is 23.4. The summed E-state index contributed by atoms with van der Waals surface area (Å²) >= 11 is -2.91. The number of hydrogen-bond acceptors (Lipinski definition) is 4. The molecule has 0 saturated carbocycles. The van der Waals surface area contributed by atoms with E-state index in [4.69, 9.17) is 9.47 Å². The van der Waals surface area contributed by atoms with Gasteiger partial charge in [-0.05, 0) is 0 Å². The minimum atomic E-state index is -2.91. The van der Waals surface area contributed by atoms with Gasteiger partial charge in [-0.3, -0.25) is 0 Å². The first-order valence-electron chi connectivity index (χ1n) is 10.2. The fourth-order valence-electron chi connectivity index (χ4n) is 4.26. The molecule has 152 valence electrons. The number of amides is 2. The van der Waals surface area contributed by atoms with E-state index in [-0.39, 0.29) is 16.4 Å². The summed E-state index contributed by atoms with van der Waals surface area (Å²) in [6.45, 7) is 7.77. The number of carbonyl (C=O) groups is 2. The van der Waals surface area contributed by atoms with Crippen LogP contribution in [0.1, 0.15) is 59.3 Å². The van der Waals surface area contributed by atoms with Crippen LogP contribution in [0.2, 0.25) is 13.3 Å².